The predicted octanol–water partition coefficient (Wildman–Crippen LogP) is 2.17. The Morgan fingerprint density at radius 3 is 2.38 bits per heavy atom. The number of halogens is 1. The van der Waals surface area contributed by atoms with E-state index in [1.165, 1.54) is 19.1 Å². The third-order valence-corrected chi connectivity index (χ3v) is 2.04. The lowest BCUT2D eigenvalue weighted by Crippen LogP contribution is -2.30. The van der Waals surface area contributed by atoms with E-state index in [2.05, 4.69) is 5.32 Å². The van der Waals surface area contributed by atoms with Crippen molar-refractivity contribution < 1.29 is 14.0 Å². The minimum Gasteiger partial charge on any atom is -0.350 e. The van der Waals surface area contributed by atoms with E-state index in [0.717, 1.165) is 6.07 Å². The maximum Gasteiger partial charge on any atom is 0.254 e. The number of hydrogen-bond donors (Lipinski definition) is 1. The molecule has 1 aromatic rings. The third kappa shape index (κ3) is 2.89. The van der Waals surface area contributed by atoms with Gasteiger partial charge in [0.1, 0.15) is 5.82 Å². The Labute approximate surface area is 93.7 Å². The summed E-state index contributed by atoms with van der Waals surface area (Å²) in [6, 6.07) is 3.79. The van der Waals surface area contributed by atoms with Gasteiger partial charge in [-0.3, -0.25) is 9.59 Å². The highest BCUT2D eigenvalue weighted by Crippen LogP contribution is 2.11. The van der Waals surface area contributed by atoms with Gasteiger partial charge in [-0.05, 0) is 32.9 Å². The van der Waals surface area contributed by atoms with Gasteiger partial charge in [0.25, 0.3) is 5.91 Å². The van der Waals surface area contributed by atoms with E-state index in [-0.39, 0.29) is 23.0 Å². The number of hydrogen-bond acceptors (Lipinski definition) is 2. The minimum absolute atomic E-state index is 0.0429. The second-order valence-electron chi connectivity index (χ2n) is 3.88. The van der Waals surface area contributed by atoms with Crippen LogP contribution < -0.4 is 5.32 Å². The van der Waals surface area contributed by atoms with Crippen molar-refractivity contribution >= 4 is 11.7 Å². The van der Waals surface area contributed by atoms with Crippen molar-refractivity contribution in [3.63, 3.8) is 0 Å². The summed E-state index contributed by atoms with van der Waals surface area (Å²) in [5.74, 6) is -1.37. The summed E-state index contributed by atoms with van der Waals surface area (Å²) in [5.41, 5.74) is 0.220. The van der Waals surface area contributed by atoms with E-state index in [0.29, 0.717) is 0 Å². The molecule has 1 N–H and O–H groups in total. The van der Waals surface area contributed by atoms with Crippen molar-refractivity contribution in [2.45, 2.75) is 26.8 Å². The van der Waals surface area contributed by atoms with E-state index in [4.69, 9.17) is 0 Å². The third-order valence-electron chi connectivity index (χ3n) is 2.04. The number of Topliss-reactive ketones (excluding diaryl/α,β-unsaturated/α-hetero) is 1. The van der Waals surface area contributed by atoms with Gasteiger partial charge >= 0.3 is 0 Å². The summed E-state index contributed by atoms with van der Waals surface area (Å²) in [4.78, 5) is 22.5. The largest absolute Gasteiger partial charge is 0.350 e. The fraction of sp³-hybridized carbons (Fsp3) is 0.333. The minimum atomic E-state index is -0.675. The van der Waals surface area contributed by atoms with Crippen molar-refractivity contribution in [2.75, 3.05) is 0 Å². The molecule has 0 aromatic heterocycles. The SMILES string of the molecule is CC(=O)c1ccc(C(=O)NC(C)C)c(F)c1. The molecular weight excluding hydrogens is 209 g/mol. The van der Waals surface area contributed by atoms with Gasteiger partial charge in [0.15, 0.2) is 5.78 Å². The van der Waals surface area contributed by atoms with Crippen molar-refractivity contribution in [2.24, 2.45) is 0 Å². The molecule has 1 aromatic carbocycles. The van der Waals surface area contributed by atoms with Crippen LogP contribution in [0.3, 0.4) is 0 Å². The van der Waals surface area contributed by atoms with Gasteiger partial charge in [-0.15, -0.1) is 0 Å². The Kier molecular flexibility index (Phi) is 3.77. The van der Waals surface area contributed by atoms with Crippen LogP contribution in [0.15, 0.2) is 18.2 Å². The molecule has 0 atom stereocenters. The van der Waals surface area contributed by atoms with Crippen LogP contribution >= 0.6 is 0 Å². The Morgan fingerprint density at radius 2 is 1.94 bits per heavy atom. The Morgan fingerprint density at radius 1 is 1.31 bits per heavy atom. The highest BCUT2D eigenvalue weighted by Gasteiger charge is 2.13. The Bertz CT molecular complexity index is 427. The second kappa shape index (κ2) is 4.88. The average molecular weight is 223 g/mol. The number of rotatable bonds is 3. The molecule has 0 aliphatic carbocycles. The van der Waals surface area contributed by atoms with Gasteiger partial charge in [-0.25, -0.2) is 4.39 Å². The molecule has 0 saturated heterocycles. The molecule has 16 heavy (non-hydrogen) atoms. The summed E-state index contributed by atoms with van der Waals surface area (Å²) in [6.07, 6.45) is 0. The molecule has 1 amide bonds. The van der Waals surface area contributed by atoms with Crippen LogP contribution in [0.25, 0.3) is 0 Å². The van der Waals surface area contributed by atoms with Crippen LogP contribution in [0, 0.1) is 5.82 Å². The molecule has 0 unspecified atom stereocenters. The predicted molar refractivity (Wildman–Crippen MR) is 59.0 cm³/mol. The van der Waals surface area contributed by atoms with Crippen molar-refractivity contribution in [3.8, 4) is 0 Å². The fourth-order valence-corrected chi connectivity index (χ4v) is 1.26. The molecule has 0 fully saturated rings. The Hall–Kier alpha value is -1.71. The van der Waals surface area contributed by atoms with Crippen molar-refractivity contribution in [3.05, 3.63) is 35.1 Å². The highest BCUT2D eigenvalue weighted by atomic mass is 19.1. The van der Waals surface area contributed by atoms with Gasteiger partial charge in [-0.2, -0.15) is 0 Å². The molecule has 0 saturated carbocycles. The molecule has 3 nitrogen and oxygen atoms in total. The molecule has 0 spiro atoms. The molecule has 0 aliphatic heterocycles. The molecule has 86 valence electrons. The average Bonchev–Trinajstić information content (AvgIpc) is 2.15. The quantitative estimate of drug-likeness (QED) is 0.798. The lowest BCUT2D eigenvalue weighted by atomic mass is 10.1. The number of nitrogens with one attached hydrogen (secondary N) is 1. The normalized spacial score (nSPS) is 10.3. The van der Waals surface area contributed by atoms with Crippen LogP contribution in [-0.4, -0.2) is 17.7 Å². The van der Waals surface area contributed by atoms with Gasteiger partial charge in [0.05, 0.1) is 5.56 Å². The summed E-state index contributed by atoms with van der Waals surface area (Å²) in [6.45, 7) is 4.93. The molecule has 0 bridgehead atoms. The second-order valence-corrected chi connectivity index (χ2v) is 3.88. The Balaban J connectivity index is 2.99. The van der Waals surface area contributed by atoms with Crippen molar-refractivity contribution in [1.82, 2.24) is 5.32 Å². The molecule has 0 radical (unpaired) electrons. The zero-order valence-electron chi connectivity index (χ0n) is 9.50. The van der Waals surface area contributed by atoms with Gasteiger partial charge in [0, 0.05) is 11.6 Å². The fourth-order valence-electron chi connectivity index (χ4n) is 1.26. The lowest BCUT2D eigenvalue weighted by Gasteiger charge is -2.09. The van der Waals surface area contributed by atoms with E-state index in [9.17, 15) is 14.0 Å². The van der Waals surface area contributed by atoms with Crippen molar-refractivity contribution in [1.29, 1.82) is 0 Å². The summed E-state index contributed by atoms with van der Waals surface area (Å²) in [5, 5.41) is 2.58. The van der Waals surface area contributed by atoms with Crippen LogP contribution in [0.5, 0.6) is 0 Å². The molecule has 1 rings (SSSR count). The topological polar surface area (TPSA) is 46.2 Å². The smallest absolute Gasteiger partial charge is 0.254 e. The van der Waals surface area contributed by atoms with Crippen LogP contribution in [-0.2, 0) is 0 Å². The first-order valence-electron chi connectivity index (χ1n) is 5.03. The highest BCUT2D eigenvalue weighted by molar-refractivity contribution is 5.98. The number of carbonyl (C=O) groups excluding carboxylic acids is 2. The molecule has 4 heteroatoms. The molecule has 0 aliphatic rings. The monoisotopic (exact) mass is 223 g/mol. The number of ketones is 1. The van der Waals surface area contributed by atoms with E-state index >= 15 is 0 Å². The van der Waals surface area contributed by atoms with Gasteiger partial charge in [-0.1, -0.05) is 6.07 Å². The van der Waals surface area contributed by atoms with E-state index in [1.54, 1.807) is 13.8 Å². The lowest BCUT2D eigenvalue weighted by molar-refractivity contribution is 0.0936. The summed E-state index contributed by atoms with van der Waals surface area (Å²) in [7, 11) is 0. The van der Waals surface area contributed by atoms with Crippen LogP contribution in [0.2, 0.25) is 0 Å². The standard InChI is InChI=1S/C12H14FNO2/c1-7(2)14-12(16)10-5-4-9(8(3)15)6-11(10)13/h4-7H,1-3H3,(H,14,16). The van der Waals surface area contributed by atoms with E-state index < -0.39 is 11.7 Å². The summed E-state index contributed by atoms with van der Waals surface area (Å²) < 4.78 is 13.5. The van der Waals surface area contributed by atoms with Crippen LogP contribution in [0.4, 0.5) is 4.39 Å². The molecular formula is C12H14FNO2. The van der Waals surface area contributed by atoms with E-state index in [1.807, 2.05) is 0 Å². The number of carbonyl (C=O) groups is 2. The maximum absolute atomic E-state index is 13.5. The molecule has 0 heterocycles. The zero-order chi connectivity index (χ0) is 12.3. The number of benzene rings is 1. The summed E-state index contributed by atoms with van der Waals surface area (Å²) >= 11 is 0. The first-order chi connectivity index (χ1) is 7.41. The zero-order valence-corrected chi connectivity index (χ0v) is 9.50. The first-order valence-corrected chi connectivity index (χ1v) is 5.03. The van der Waals surface area contributed by atoms with Gasteiger partial charge in [0.2, 0.25) is 0 Å². The number of amides is 1. The van der Waals surface area contributed by atoms with Crippen LogP contribution in [0.1, 0.15) is 41.5 Å². The first kappa shape index (κ1) is 12.4. The maximum atomic E-state index is 13.5. The van der Waals surface area contributed by atoms with Gasteiger partial charge < -0.3 is 5.32 Å².